The summed E-state index contributed by atoms with van der Waals surface area (Å²) in [4.78, 5) is 23.4. The van der Waals surface area contributed by atoms with Crippen LogP contribution in [0.15, 0.2) is 46.9 Å². The molecule has 0 aliphatic heterocycles. The minimum atomic E-state index is -0.614. The fourth-order valence-electron chi connectivity index (χ4n) is 1.73. The number of amides is 2. The van der Waals surface area contributed by atoms with E-state index in [0.717, 1.165) is 0 Å². The third-order valence-electron chi connectivity index (χ3n) is 2.83. The molecule has 0 aliphatic rings. The maximum atomic E-state index is 13.8. The molecule has 0 aromatic heterocycles. The molecule has 0 unspecified atom stereocenters. The number of halogens is 2. The first-order chi connectivity index (χ1) is 10.0. The smallest absolute Gasteiger partial charge is 0.258 e. The van der Waals surface area contributed by atoms with Gasteiger partial charge in [-0.1, -0.05) is 6.07 Å². The van der Waals surface area contributed by atoms with Gasteiger partial charge in [-0.25, -0.2) is 4.39 Å². The van der Waals surface area contributed by atoms with Gasteiger partial charge in [-0.2, -0.15) is 0 Å². The Bertz CT molecular complexity index is 687. The Kier molecular flexibility index (Phi) is 4.70. The Balaban J connectivity index is 2.16. The summed E-state index contributed by atoms with van der Waals surface area (Å²) in [6, 6.07) is 10.8. The van der Waals surface area contributed by atoms with Gasteiger partial charge in [0, 0.05) is 18.3 Å². The molecule has 108 valence electrons. The van der Waals surface area contributed by atoms with Crippen molar-refractivity contribution in [3.63, 3.8) is 0 Å². The maximum Gasteiger partial charge on any atom is 0.258 e. The van der Waals surface area contributed by atoms with E-state index in [4.69, 9.17) is 0 Å². The van der Waals surface area contributed by atoms with Crippen molar-refractivity contribution >= 4 is 33.4 Å². The van der Waals surface area contributed by atoms with Crippen molar-refractivity contribution < 1.29 is 14.0 Å². The number of anilines is 1. The Morgan fingerprint density at radius 3 is 2.33 bits per heavy atom. The summed E-state index contributed by atoms with van der Waals surface area (Å²) in [5.41, 5.74) is 0.899. The molecule has 0 bridgehead atoms. The summed E-state index contributed by atoms with van der Waals surface area (Å²) < 4.78 is 14.0. The number of hydrogen-bond acceptors (Lipinski definition) is 2. The second kappa shape index (κ2) is 6.49. The van der Waals surface area contributed by atoms with Crippen LogP contribution in [0.3, 0.4) is 0 Å². The fraction of sp³-hybridized carbons (Fsp3) is 0.0667. The van der Waals surface area contributed by atoms with Gasteiger partial charge in [-0.3, -0.25) is 9.59 Å². The van der Waals surface area contributed by atoms with Crippen molar-refractivity contribution in [1.82, 2.24) is 5.32 Å². The zero-order chi connectivity index (χ0) is 15.4. The van der Waals surface area contributed by atoms with E-state index in [-0.39, 0.29) is 15.9 Å². The van der Waals surface area contributed by atoms with Gasteiger partial charge in [0.25, 0.3) is 11.8 Å². The first-order valence-electron chi connectivity index (χ1n) is 6.10. The molecule has 0 saturated heterocycles. The molecule has 2 amide bonds. The topological polar surface area (TPSA) is 58.2 Å². The Morgan fingerprint density at radius 2 is 1.71 bits per heavy atom. The molecule has 0 atom stereocenters. The van der Waals surface area contributed by atoms with Crippen molar-refractivity contribution in [3.05, 3.63) is 63.9 Å². The van der Waals surface area contributed by atoms with E-state index in [2.05, 4.69) is 26.6 Å². The van der Waals surface area contributed by atoms with E-state index in [9.17, 15) is 14.0 Å². The summed E-state index contributed by atoms with van der Waals surface area (Å²) in [7, 11) is 1.54. The lowest BCUT2D eigenvalue weighted by Gasteiger charge is -2.07. The highest BCUT2D eigenvalue weighted by Gasteiger charge is 2.14. The molecule has 6 heteroatoms. The molecular formula is C15H12BrFN2O2. The number of hydrogen-bond donors (Lipinski definition) is 2. The van der Waals surface area contributed by atoms with Gasteiger partial charge in [0.1, 0.15) is 5.82 Å². The normalized spacial score (nSPS) is 10.0. The molecule has 0 radical (unpaired) electrons. The third-order valence-corrected chi connectivity index (χ3v) is 3.44. The van der Waals surface area contributed by atoms with Crippen LogP contribution in [0.4, 0.5) is 10.1 Å². The van der Waals surface area contributed by atoms with Gasteiger partial charge in [-0.15, -0.1) is 0 Å². The van der Waals surface area contributed by atoms with Crippen LogP contribution < -0.4 is 10.6 Å². The predicted octanol–water partition coefficient (Wildman–Crippen LogP) is 3.20. The lowest BCUT2D eigenvalue weighted by Crippen LogP contribution is -2.18. The van der Waals surface area contributed by atoms with Crippen LogP contribution in [0, 0.1) is 5.82 Å². The second-order valence-electron chi connectivity index (χ2n) is 4.21. The summed E-state index contributed by atoms with van der Waals surface area (Å²) in [6.45, 7) is 0. The van der Waals surface area contributed by atoms with Crippen LogP contribution >= 0.6 is 15.9 Å². The van der Waals surface area contributed by atoms with Crippen LogP contribution in [-0.2, 0) is 0 Å². The lowest BCUT2D eigenvalue weighted by molar-refractivity contribution is 0.0962. The Labute approximate surface area is 129 Å². The number of nitrogens with one attached hydrogen (secondary N) is 2. The molecule has 2 aromatic rings. The first-order valence-corrected chi connectivity index (χ1v) is 6.89. The Hall–Kier alpha value is -2.21. The third kappa shape index (κ3) is 3.46. The number of carbonyl (C=O) groups excluding carboxylic acids is 2. The molecular weight excluding hydrogens is 339 g/mol. The largest absolute Gasteiger partial charge is 0.355 e. The number of rotatable bonds is 3. The molecule has 2 rings (SSSR count). The number of benzene rings is 2. The average Bonchev–Trinajstić information content (AvgIpc) is 2.50. The summed E-state index contributed by atoms with van der Waals surface area (Å²) in [5.74, 6) is -1.38. The van der Waals surface area contributed by atoms with Crippen LogP contribution in [0.5, 0.6) is 0 Å². The summed E-state index contributed by atoms with van der Waals surface area (Å²) in [5, 5.41) is 5.08. The van der Waals surface area contributed by atoms with Crippen molar-refractivity contribution in [2.24, 2.45) is 0 Å². The van der Waals surface area contributed by atoms with E-state index in [1.807, 2.05) is 0 Å². The lowest BCUT2D eigenvalue weighted by atomic mass is 10.1. The summed E-state index contributed by atoms with van der Waals surface area (Å²) >= 11 is 3.03. The molecule has 0 heterocycles. The minimum absolute atomic E-state index is 0.0558. The molecule has 2 aromatic carbocycles. The maximum absolute atomic E-state index is 13.8. The monoisotopic (exact) mass is 350 g/mol. The molecule has 0 spiro atoms. The van der Waals surface area contributed by atoms with Crippen molar-refractivity contribution in [2.45, 2.75) is 0 Å². The van der Waals surface area contributed by atoms with Gasteiger partial charge in [0.2, 0.25) is 0 Å². The quantitative estimate of drug-likeness (QED) is 0.892. The fourth-order valence-corrected chi connectivity index (χ4v) is 2.09. The molecule has 0 saturated carbocycles. The zero-order valence-corrected chi connectivity index (χ0v) is 12.7. The molecule has 21 heavy (non-hydrogen) atoms. The van der Waals surface area contributed by atoms with E-state index < -0.39 is 11.7 Å². The molecule has 4 nitrogen and oxygen atoms in total. The SMILES string of the molecule is CNC(=O)c1ccc(NC(=O)c2cccc(Br)c2F)cc1. The van der Waals surface area contributed by atoms with E-state index in [1.54, 1.807) is 30.3 Å². The molecule has 2 N–H and O–H groups in total. The van der Waals surface area contributed by atoms with Crippen LogP contribution in [-0.4, -0.2) is 18.9 Å². The zero-order valence-electron chi connectivity index (χ0n) is 11.1. The van der Waals surface area contributed by atoms with Gasteiger partial charge >= 0.3 is 0 Å². The van der Waals surface area contributed by atoms with E-state index in [1.165, 1.54) is 19.2 Å². The van der Waals surface area contributed by atoms with E-state index >= 15 is 0 Å². The summed E-state index contributed by atoms with van der Waals surface area (Å²) in [6.07, 6.45) is 0. The highest BCUT2D eigenvalue weighted by atomic mass is 79.9. The first kappa shape index (κ1) is 15.2. The number of carbonyl (C=O) groups is 2. The van der Waals surface area contributed by atoms with Crippen molar-refractivity contribution in [2.75, 3.05) is 12.4 Å². The van der Waals surface area contributed by atoms with Gasteiger partial charge < -0.3 is 10.6 Å². The Morgan fingerprint density at radius 1 is 1.05 bits per heavy atom. The molecule has 0 aliphatic carbocycles. The van der Waals surface area contributed by atoms with E-state index in [0.29, 0.717) is 11.3 Å². The predicted molar refractivity (Wildman–Crippen MR) is 81.9 cm³/mol. The van der Waals surface area contributed by atoms with Crippen LogP contribution in [0.1, 0.15) is 20.7 Å². The van der Waals surface area contributed by atoms with Crippen LogP contribution in [0.2, 0.25) is 0 Å². The van der Waals surface area contributed by atoms with Crippen LogP contribution in [0.25, 0.3) is 0 Å². The standard InChI is InChI=1S/C15H12BrFN2O2/c1-18-14(20)9-5-7-10(8-6-9)19-15(21)11-3-2-4-12(16)13(11)17/h2-8H,1H3,(H,18,20)(H,19,21). The van der Waals surface area contributed by atoms with Gasteiger partial charge in [-0.05, 0) is 52.3 Å². The van der Waals surface area contributed by atoms with Crippen molar-refractivity contribution in [3.8, 4) is 0 Å². The average molecular weight is 351 g/mol. The second-order valence-corrected chi connectivity index (χ2v) is 5.07. The minimum Gasteiger partial charge on any atom is -0.355 e. The highest BCUT2D eigenvalue weighted by molar-refractivity contribution is 9.10. The van der Waals surface area contributed by atoms with Crippen molar-refractivity contribution in [1.29, 1.82) is 0 Å². The molecule has 0 fully saturated rings. The highest BCUT2D eigenvalue weighted by Crippen LogP contribution is 2.20. The van der Waals surface area contributed by atoms with Gasteiger partial charge in [0.15, 0.2) is 0 Å². The van der Waals surface area contributed by atoms with Gasteiger partial charge in [0.05, 0.1) is 10.0 Å².